The van der Waals surface area contributed by atoms with Gasteiger partial charge in [0.1, 0.15) is 0 Å². The van der Waals surface area contributed by atoms with Crippen LogP contribution in [0.3, 0.4) is 0 Å². The van der Waals surface area contributed by atoms with E-state index in [9.17, 15) is 13.2 Å². The van der Waals surface area contributed by atoms with E-state index in [-0.39, 0.29) is 17.6 Å². The number of benzene rings is 2. The maximum Gasteiger partial charge on any atom is 0.227 e. The number of anilines is 1. The molecular weight excluding hydrogens is 422 g/mol. The first-order valence-electron chi connectivity index (χ1n) is 11.6. The Morgan fingerprint density at radius 1 is 0.875 bits per heavy atom. The molecule has 0 spiro atoms. The lowest BCUT2D eigenvalue weighted by Crippen LogP contribution is -2.53. The first-order chi connectivity index (χ1) is 15.5. The van der Waals surface area contributed by atoms with Gasteiger partial charge >= 0.3 is 0 Å². The van der Waals surface area contributed by atoms with Crippen molar-refractivity contribution in [2.24, 2.45) is 5.92 Å². The predicted molar refractivity (Wildman–Crippen MR) is 128 cm³/mol. The van der Waals surface area contributed by atoms with E-state index < -0.39 is 10.0 Å². The second-order valence-electron chi connectivity index (χ2n) is 8.75. The Hall–Kier alpha value is -2.38. The molecule has 0 N–H and O–H groups in total. The van der Waals surface area contributed by atoms with Crippen LogP contribution in [0.2, 0.25) is 0 Å². The molecule has 2 aromatic rings. The predicted octanol–water partition coefficient (Wildman–Crippen LogP) is 3.01. The van der Waals surface area contributed by atoms with Crippen LogP contribution in [0.4, 0.5) is 5.69 Å². The van der Waals surface area contributed by atoms with Crippen molar-refractivity contribution >= 4 is 21.6 Å². The summed E-state index contributed by atoms with van der Waals surface area (Å²) in [4.78, 5) is 17.4. The number of piperazine rings is 1. The topological polar surface area (TPSA) is 60.9 Å². The smallest absolute Gasteiger partial charge is 0.227 e. The highest BCUT2D eigenvalue weighted by atomic mass is 32.2. The monoisotopic (exact) mass is 455 g/mol. The van der Waals surface area contributed by atoms with E-state index in [0.717, 1.165) is 37.9 Å². The Morgan fingerprint density at radius 2 is 1.53 bits per heavy atom. The molecular formula is C25H33N3O3S. The summed E-state index contributed by atoms with van der Waals surface area (Å²) in [5.41, 5.74) is 2.34. The van der Waals surface area contributed by atoms with E-state index >= 15 is 0 Å². The third-order valence-electron chi connectivity index (χ3n) is 6.55. The second-order valence-corrected chi connectivity index (χ2v) is 10.8. The van der Waals surface area contributed by atoms with Gasteiger partial charge in [0.2, 0.25) is 15.9 Å². The highest BCUT2D eigenvalue weighted by molar-refractivity contribution is 7.89. The van der Waals surface area contributed by atoms with Crippen LogP contribution in [0.1, 0.15) is 24.8 Å². The molecule has 4 rings (SSSR count). The summed E-state index contributed by atoms with van der Waals surface area (Å²) in [5.74, 6) is 0.0243. The number of hydrogen-bond acceptors (Lipinski definition) is 4. The van der Waals surface area contributed by atoms with Gasteiger partial charge in [-0.25, -0.2) is 12.7 Å². The second kappa shape index (κ2) is 10.5. The van der Waals surface area contributed by atoms with E-state index in [0.29, 0.717) is 32.6 Å². The lowest BCUT2D eigenvalue weighted by molar-refractivity contribution is -0.137. The van der Waals surface area contributed by atoms with Gasteiger partial charge < -0.3 is 9.80 Å². The average Bonchev–Trinajstić information content (AvgIpc) is 2.85. The fraction of sp³-hybridized carbons (Fsp3) is 0.480. The Bertz CT molecular complexity index is 974. The Balaban J connectivity index is 1.28. The molecule has 172 valence electrons. The molecule has 0 radical (unpaired) electrons. The van der Waals surface area contributed by atoms with Crippen LogP contribution in [0.15, 0.2) is 60.7 Å². The van der Waals surface area contributed by atoms with Crippen molar-refractivity contribution in [2.45, 2.75) is 25.7 Å². The number of sulfonamides is 1. The summed E-state index contributed by atoms with van der Waals surface area (Å²) in [7, 11) is -3.34. The normalized spacial score (nSPS) is 20.3. The van der Waals surface area contributed by atoms with Gasteiger partial charge in [-0.05, 0) is 43.4 Å². The third kappa shape index (κ3) is 5.70. The molecule has 2 aliphatic heterocycles. The first kappa shape index (κ1) is 22.8. The van der Waals surface area contributed by atoms with Crippen molar-refractivity contribution in [3.8, 4) is 0 Å². The molecule has 0 bridgehead atoms. The standard InChI is InChI=1S/C25H33N3O3S/c29-25(27-18-16-26(17-19-27)24-13-5-2-6-14-24)23-12-7-15-28(21-23)32(30,31)20-8-11-22-9-3-1-4-10-22/h1-6,9-10,13-14,23H,7-8,11-12,15-21H2/t23-/m1/s1. The van der Waals surface area contributed by atoms with E-state index in [1.165, 1.54) is 5.69 Å². The Morgan fingerprint density at radius 3 is 2.22 bits per heavy atom. The number of piperidine rings is 1. The number of nitrogens with zero attached hydrogens (tertiary/aromatic N) is 3. The minimum atomic E-state index is -3.34. The molecule has 0 aromatic heterocycles. The molecule has 2 aliphatic rings. The molecule has 0 aliphatic carbocycles. The molecule has 2 aromatic carbocycles. The van der Waals surface area contributed by atoms with Crippen LogP contribution in [-0.4, -0.2) is 68.6 Å². The molecule has 32 heavy (non-hydrogen) atoms. The van der Waals surface area contributed by atoms with Crippen molar-refractivity contribution in [1.29, 1.82) is 0 Å². The van der Waals surface area contributed by atoms with Gasteiger partial charge in [-0.1, -0.05) is 48.5 Å². The van der Waals surface area contributed by atoms with Crippen molar-refractivity contribution in [1.82, 2.24) is 9.21 Å². The van der Waals surface area contributed by atoms with Crippen LogP contribution < -0.4 is 4.90 Å². The number of aryl methyl sites for hydroxylation is 1. The van der Waals surface area contributed by atoms with Gasteiger partial charge in [-0.15, -0.1) is 0 Å². The lowest BCUT2D eigenvalue weighted by Gasteiger charge is -2.39. The number of hydrogen-bond donors (Lipinski definition) is 0. The van der Waals surface area contributed by atoms with E-state index in [2.05, 4.69) is 17.0 Å². The van der Waals surface area contributed by atoms with E-state index in [1.54, 1.807) is 4.31 Å². The maximum absolute atomic E-state index is 13.2. The van der Waals surface area contributed by atoms with Crippen molar-refractivity contribution in [3.63, 3.8) is 0 Å². The fourth-order valence-electron chi connectivity index (χ4n) is 4.71. The number of carbonyl (C=O) groups is 1. The summed E-state index contributed by atoms with van der Waals surface area (Å²) in [6.45, 7) is 3.85. The number of amides is 1. The first-order valence-corrected chi connectivity index (χ1v) is 13.2. The van der Waals surface area contributed by atoms with Crippen molar-refractivity contribution in [2.75, 3.05) is 49.9 Å². The summed E-state index contributed by atoms with van der Waals surface area (Å²) >= 11 is 0. The van der Waals surface area contributed by atoms with Crippen LogP contribution >= 0.6 is 0 Å². The molecule has 6 nitrogen and oxygen atoms in total. The maximum atomic E-state index is 13.2. The summed E-state index contributed by atoms with van der Waals surface area (Å²) in [6.07, 6.45) is 2.87. The lowest BCUT2D eigenvalue weighted by atomic mass is 9.97. The quantitative estimate of drug-likeness (QED) is 0.644. The number of para-hydroxylation sites is 1. The van der Waals surface area contributed by atoms with E-state index in [1.807, 2.05) is 53.4 Å². The number of carbonyl (C=O) groups excluding carboxylic acids is 1. The van der Waals surface area contributed by atoms with Crippen LogP contribution in [0.25, 0.3) is 0 Å². The molecule has 2 fully saturated rings. The number of rotatable bonds is 7. The zero-order valence-electron chi connectivity index (χ0n) is 18.6. The van der Waals surface area contributed by atoms with Crippen LogP contribution in [0.5, 0.6) is 0 Å². The zero-order valence-corrected chi connectivity index (χ0v) is 19.4. The van der Waals surface area contributed by atoms with E-state index in [4.69, 9.17) is 0 Å². The van der Waals surface area contributed by atoms with Crippen molar-refractivity contribution in [3.05, 3.63) is 66.2 Å². The minimum absolute atomic E-state index is 0.113. The minimum Gasteiger partial charge on any atom is -0.368 e. The highest BCUT2D eigenvalue weighted by Gasteiger charge is 2.35. The van der Waals surface area contributed by atoms with Gasteiger partial charge in [0.25, 0.3) is 0 Å². The zero-order chi connectivity index (χ0) is 22.4. The summed E-state index contributed by atoms with van der Waals surface area (Å²) < 4.78 is 27.4. The van der Waals surface area contributed by atoms with Crippen LogP contribution in [0, 0.1) is 5.92 Å². The third-order valence-corrected chi connectivity index (χ3v) is 8.47. The van der Waals surface area contributed by atoms with Gasteiger partial charge in [0.05, 0.1) is 11.7 Å². The van der Waals surface area contributed by atoms with Gasteiger partial charge in [-0.3, -0.25) is 4.79 Å². The summed E-state index contributed by atoms with van der Waals surface area (Å²) in [5, 5.41) is 0. The fourth-order valence-corrected chi connectivity index (χ4v) is 6.29. The molecule has 0 unspecified atom stereocenters. The highest BCUT2D eigenvalue weighted by Crippen LogP contribution is 2.24. The molecule has 1 atom stereocenters. The largest absolute Gasteiger partial charge is 0.368 e. The molecule has 2 saturated heterocycles. The Labute approximate surface area is 191 Å². The Kier molecular flexibility index (Phi) is 7.48. The van der Waals surface area contributed by atoms with Crippen LogP contribution in [-0.2, 0) is 21.2 Å². The van der Waals surface area contributed by atoms with Gasteiger partial charge in [0.15, 0.2) is 0 Å². The van der Waals surface area contributed by atoms with Gasteiger partial charge in [0, 0.05) is 45.0 Å². The molecule has 0 saturated carbocycles. The van der Waals surface area contributed by atoms with Crippen molar-refractivity contribution < 1.29 is 13.2 Å². The average molecular weight is 456 g/mol. The molecule has 2 heterocycles. The molecule has 7 heteroatoms. The SMILES string of the molecule is O=C([C@@H]1CCCN(S(=O)(=O)CCCc2ccccc2)C1)N1CCN(c2ccccc2)CC1. The summed E-state index contributed by atoms with van der Waals surface area (Å²) in [6, 6.07) is 20.2. The van der Waals surface area contributed by atoms with Gasteiger partial charge in [-0.2, -0.15) is 0 Å². The molecule has 1 amide bonds.